The molecule has 0 aliphatic heterocycles. The molecule has 0 fully saturated rings. The fourth-order valence-corrected chi connectivity index (χ4v) is 0.923. The number of aromatic nitrogens is 1. The molecule has 0 spiro atoms. The molecule has 0 aromatic carbocycles. The molecular weight excluding hydrogens is 174 g/mol. The van der Waals surface area contributed by atoms with Crippen LogP contribution in [0.3, 0.4) is 0 Å². The smallest absolute Gasteiger partial charge is 0.371 e. The highest BCUT2D eigenvalue weighted by Crippen LogP contribution is 2.21. The highest BCUT2D eigenvalue weighted by Gasteiger charge is 2.11. The Hall–Kier alpha value is -2.04. The zero-order valence-corrected chi connectivity index (χ0v) is 6.43. The van der Waals surface area contributed by atoms with E-state index < -0.39 is 5.97 Å². The van der Waals surface area contributed by atoms with Crippen LogP contribution < -0.4 is 0 Å². The van der Waals surface area contributed by atoms with Crippen molar-refractivity contribution >= 4 is 5.97 Å². The van der Waals surface area contributed by atoms with Gasteiger partial charge in [0, 0.05) is 0 Å². The van der Waals surface area contributed by atoms with E-state index in [1.165, 1.54) is 24.7 Å². The summed E-state index contributed by atoms with van der Waals surface area (Å²) in [6, 6.07) is 2.88. The minimum atomic E-state index is -1.11. The SMILES string of the molecule is O=C(O)c1ccc(-c2cnco2)o1. The molecule has 2 rings (SSSR count). The highest BCUT2D eigenvalue weighted by atomic mass is 16.4. The van der Waals surface area contributed by atoms with E-state index in [1.54, 1.807) is 0 Å². The molecule has 0 bridgehead atoms. The number of carboxylic acid groups (broad SMARTS) is 1. The highest BCUT2D eigenvalue weighted by molar-refractivity contribution is 5.85. The lowest BCUT2D eigenvalue weighted by Gasteiger charge is -1.87. The molecule has 2 heterocycles. The first-order valence-corrected chi connectivity index (χ1v) is 3.49. The van der Waals surface area contributed by atoms with E-state index in [9.17, 15) is 4.79 Å². The average molecular weight is 179 g/mol. The summed E-state index contributed by atoms with van der Waals surface area (Å²) in [5, 5.41) is 8.56. The van der Waals surface area contributed by atoms with E-state index in [0.717, 1.165) is 0 Å². The van der Waals surface area contributed by atoms with Crippen molar-refractivity contribution in [1.29, 1.82) is 0 Å². The molecule has 0 unspecified atom stereocenters. The van der Waals surface area contributed by atoms with Crippen LogP contribution in [0.25, 0.3) is 11.5 Å². The molecule has 1 N–H and O–H groups in total. The zero-order valence-electron chi connectivity index (χ0n) is 6.43. The maximum Gasteiger partial charge on any atom is 0.371 e. The fourth-order valence-electron chi connectivity index (χ4n) is 0.923. The van der Waals surface area contributed by atoms with Crippen LogP contribution in [0.1, 0.15) is 10.6 Å². The van der Waals surface area contributed by atoms with Gasteiger partial charge in [-0.15, -0.1) is 0 Å². The second-order valence-corrected chi connectivity index (χ2v) is 2.33. The first-order chi connectivity index (χ1) is 6.27. The van der Waals surface area contributed by atoms with Crippen LogP contribution in [0.4, 0.5) is 0 Å². The number of carbonyl (C=O) groups is 1. The maximum absolute atomic E-state index is 10.4. The maximum atomic E-state index is 10.4. The Bertz CT molecular complexity index is 415. The van der Waals surface area contributed by atoms with Crippen molar-refractivity contribution < 1.29 is 18.7 Å². The third-order valence-corrected chi connectivity index (χ3v) is 1.49. The van der Waals surface area contributed by atoms with Gasteiger partial charge in [0.1, 0.15) is 0 Å². The number of rotatable bonds is 2. The van der Waals surface area contributed by atoms with E-state index in [4.69, 9.17) is 13.9 Å². The molecule has 0 amide bonds. The predicted octanol–water partition coefficient (Wildman–Crippen LogP) is 1.63. The Labute approximate surface area is 72.6 Å². The lowest BCUT2D eigenvalue weighted by atomic mass is 10.4. The Morgan fingerprint density at radius 1 is 1.38 bits per heavy atom. The normalized spacial score (nSPS) is 10.2. The van der Waals surface area contributed by atoms with Crippen LogP contribution in [0.15, 0.2) is 33.6 Å². The van der Waals surface area contributed by atoms with Crippen LogP contribution in [0.2, 0.25) is 0 Å². The number of nitrogens with zero attached hydrogens (tertiary/aromatic N) is 1. The first-order valence-electron chi connectivity index (χ1n) is 3.49. The summed E-state index contributed by atoms with van der Waals surface area (Å²) in [4.78, 5) is 14.1. The number of hydrogen-bond donors (Lipinski definition) is 1. The second-order valence-electron chi connectivity index (χ2n) is 2.33. The molecule has 0 aliphatic rings. The van der Waals surface area contributed by atoms with Gasteiger partial charge in [-0.05, 0) is 12.1 Å². The van der Waals surface area contributed by atoms with Gasteiger partial charge in [-0.1, -0.05) is 0 Å². The molecule has 0 saturated carbocycles. The number of furan rings is 1. The number of aromatic carboxylic acids is 1. The van der Waals surface area contributed by atoms with E-state index in [0.29, 0.717) is 11.5 Å². The summed E-state index contributed by atoms with van der Waals surface area (Å²) >= 11 is 0. The Balaban J connectivity index is 2.39. The van der Waals surface area contributed by atoms with Crippen molar-refractivity contribution in [2.24, 2.45) is 0 Å². The van der Waals surface area contributed by atoms with Gasteiger partial charge in [0.25, 0.3) is 0 Å². The van der Waals surface area contributed by atoms with E-state index in [1.807, 2.05) is 0 Å². The fraction of sp³-hybridized carbons (Fsp3) is 0. The number of hydrogen-bond acceptors (Lipinski definition) is 4. The topological polar surface area (TPSA) is 76.5 Å². The summed E-state index contributed by atoms with van der Waals surface area (Å²) in [5.74, 6) is -0.459. The van der Waals surface area contributed by atoms with Crippen LogP contribution in [-0.2, 0) is 0 Å². The largest absolute Gasteiger partial charge is 0.475 e. The Morgan fingerprint density at radius 3 is 2.77 bits per heavy atom. The summed E-state index contributed by atoms with van der Waals surface area (Å²) in [5.41, 5.74) is 0. The Kier molecular flexibility index (Phi) is 1.63. The molecule has 0 radical (unpaired) electrons. The van der Waals surface area contributed by atoms with Crippen molar-refractivity contribution in [2.75, 3.05) is 0 Å². The molecule has 2 aromatic heterocycles. The summed E-state index contributed by atoms with van der Waals surface area (Å²) < 4.78 is 9.87. The molecule has 0 atom stereocenters. The van der Waals surface area contributed by atoms with Crippen molar-refractivity contribution in [3.05, 3.63) is 30.5 Å². The summed E-state index contributed by atoms with van der Waals surface area (Å²) in [6.07, 6.45) is 2.70. The van der Waals surface area contributed by atoms with Gasteiger partial charge in [0.2, 0.25) is 5.76 Å². The summed E-state index contributed by atoms with van der Waals surface area (Å²) in [6.45, 7) is 0. The zero-order chi connectivity index (χ0) is 9.26. The van der Waals surface area contributed by atoms with Gasteiger partial charge in [0.05, 0.1) is 6.20 Å². The van der Waals surface area contributed by atoms with Crippen molar-refractivity contribution in [1.82, 2.24) is 4.98 Å². The van der Waals surface area contributed by atoms with Crippen LogP contribution >= 0.6 is 0 Å². The van der Waals surface area contributed by atoms with Crippen molar-refractivity contribution in [3.8, 4) is 11.5 Å². The monoisotopic (exact) mass is 179 g/mol. The molecule has 13 heavy (non-hydrogen) atoms. The molecule has 5 nitrogen and oxygen atoms in total. The van der Waals surface area contributed by atoms with E-state index >= 15 is 0 Å². The van der Waals surface area contributed by atoms with Gasteiger partial charge in [-0.3, -0.25) is 0 Å². The van der Waals surface area contributed by atoms with Gasteiger partial charge < -0.3 is 13.9 Å². The minimum absolute atomic E-state index is 0.119. The molecule has 5 heteroatoms. The van der Waals surface area contributed by atoms with Gasteiger partial charge in [-0.2, -0.15) is 0 Å². The first kappa shape index (κ1) is 7.60. The lowest BCUT2D eigenvalue weighted by molar-refractivity contribution is 0.0663. The summed E-state index contributed by atoms with van der Waals surface area (Å²) in [7, 11) is 0. The number of carboxylic acids is 1. The van der Waals surface area contributed by atoms with Gasteiger partial charge >= 0.3 is 5.97 Å². The predicted molar refractivity (Wildman–Crippen MR) is 41.2 cm³/mol. The molecule has 0 aliphatic carbocycles. The minimum Gasteiger partial charge on any atom is -0.475 e. The molecule has 2 aromatic rings. The average Bonchev–Trinajstić information content (AvgIpc) is 2.75. The molecule has 66 valence electrons. The standard InChI is InChI=1S/C8H5NO4/c10-8(11)6-2-1-5(13-6)7-3-9-4-12-7/h1-4H,(H,10,11). The quantitative estimate of drug-likeness (QED) is 0.758. The van der Waals surface area contributed by atoms with E-state index in [2.05, 4.69) is 4.98 Å². The van der Waals surface area contributed by atoms with E-state index in [-0.39, 0.29) is 5.76 Å². The third-order valence-electron chi connectivity index (χ3n) is 1.49. The number of oxazole rings is 1. The van der Waals surface area contributed by atoms with Crippen molar-refractivity contribution in [2.45, 2.75) is 0 Å². The molecule has 0 saturated heterocycles. The van der Waals surface area contributed by atoms with Crippen LogP contribution in [-0.4, -0.2) is 16.1 Å². The lowest BCUT2D eigenvalue weighted by Crippen LogP contribution is -1.91. The third kappa shape index (κ3) is 1.31. The van der Waals surface area contributed by atoms with Gasteiger partial charge in [0.15, 0.2) is 17.9 Å². The molecular formula is C8H5NO4. The van der Waals surface area contributed by atoms with Crippen LogP contribution in [0.5, 0.6) is 0 Å². The van der Waals surface area contributed by atoms with Crippen LogP contribution in [0, 0.1) is 0 Å². The Morgan fingerprint density at radius 2 is 2.23 bits per heavy atom. The second kappa shape index (κ2) is 2.78. The van der Waals surface area contributed by atoms with Gasteiger partial charge in [-0.25, -0.2) is 9.78 Å². The van der Waals surface area contributed by atoms with Crippen molar-refractivity contribution in [3.63, 3.8) is 0 Å².